The van der Waals surface area contributed by atoms with Gasteiger partial charge in [0.05, 0.1) is 6.61 Å². The lowest BCUT2D eigenvalue weighted by atomic mass is 9.94. The largest absolute Gasteiger partial charge is 0.393 e. The monoisotopic (exact) mass is 306 g/mol. The van der Waals surface area contributed by atoms with Crippen molar-refractivity contribution in [2.75, 3.05) is 19.7 Å². The van der Waals surface area contributed by atoms with Crippen molar-refractivity contribution in [3.05, 3.63) is 46.0 Å². The van der Waals surface area contributed by atoms with Gasteiger partial charge in [-0.15, -0.1) is 0 Å². The Morgan fingerprint density at radius 2 is 2.18 bits per heavy atom. The highest BCUT2D eigenvalue weighted by atomic mass is 19.1. The van der Waals surface area contributed by atoms with Gasteiger partial charge in [-0.1, -0.05) is 0 Å². The third kappa shape index (κ3) is 3.04. The highest BCUT2D eigenvalue weighted by Gasteiger charge is 2.32. The maximum Gasteiger partial charge on any atom is 0.189 e. The van der Waals surface area contributed by atoms with Crippen LogP contribution in [0.5, 0.6) is 0 Å². The van der Waals surface area contributed by atoms with E-state index in [0.717, 1.165) is 13.0 Å². The Kier molecular flexibility index (Phi) is 3.99. The highest BCUT2D eigenvalue weighted by molar-refractivity contribution is 5.78. The van der Waals surface area contributed by atoms with Gasteiger partial charge in [0.1, 0.15) is 11.4 Å². The number of halogens is 1. The second-order valence-corrected chi connectivity index (χ2v) is 6.05. The third-order valence-corrected chi connectivity index (χ3v) is 4.17. The summed E-state index contributed by atoms with van der Waals surface area (Å²) >= 11 is 0. The van der Waals surface area contributed by atoms with E-state index in [-0.39, 0.29) is 12.0 Å². The van der Waals surface area contributed by atoms with Crippen LogP contribution in [0.4, 0.5) is 4.39 Å². The van der Waals surface area contributed by atoms with Crippen LogP contribution in [0.1, 0.15) is 18.5 Å². The fourth-order valence-corrected chi connectivity index (χ4v) is 3.07. The molecule has 1 aliphatic heterocycles. The summed E-state index contributed by atoms with van der Waals surface area (Å²) in [6.45, 7) is 1.38. The summed E-state index contributed by atoms with van der Waals surface area (Å²) in [6.07, 6.45) is 1.37. The number of fused-ring (bicyclic) bond motifs is 1. The lowest BCUT2D eigenvalue weighted by Gasteiger charge is -2.37. The standard InChI is InChI=1S/C16H19FN2O3/c17-11-2-3-14-13(6-11)15(21)7-12(18-14)8-19-5-1-4-16(22,9-19)10-20/h2-3,6-7,20,22H,1,4-5,8-10H2,(H,18,21)/t16-/m0/s1. The van der Waals surface area contributed by atoms with E-state index in [4.69, 9.17) is 0 Å². The molecule has 2 aromatic rings. The first kappa shape index (κ1) is 15.1. The van der Waals surface area contributed by atoms with Crippen LogP contribution in [0, 0.1) is 5.82 Å². The van der Waals surface area contributed by atoms with Gasteiger partial charge in [0.2, 0.25) is 0 Å². The van der Waals surface area contributed by atoms with Gasteiger partial charge in [-0.25, -0.2) is 4.39 Å². The molecule has 0 amide bonds. The van der Waals surface area contributed by atoms with E-state index in [1.165, 1.54) is 18.2 Å². The van der Waals surface area contributed by atoms with Crippen LogP contribution in [-0.4, -0.2) is 45.4 Å². The first-order valence-electron chi connectivity index (χ1n) is 7.36. The molecule has 5 nitrogen and oxygen atoms in total. The molecule has 2 heterocycles. The highest BCUT2D eigenvalue weighted by Crippen LogP contribution is 2.22. The maximum absolute atomic E-state index is 13.2. The molecule has 3 rings (SSSR count). The molecule has 1 atom stereocenters. The fourth-order valence-electron chi connectivity index (χ4n) is 3.07. The minimum absolute atomic E-state index is 0.224. The SMILES string of the molecule is O=c1cc(CN2CCC[C@@](O)(CO)C2)[nH]c2ccc(F)cc12. The van der Waals surface area contributed by atoms with Crippen molar-refractivity contribution in [1.29, 1.82) is 0 Å². The summed E-state index contributed by atoms with van der Waals surface area (Å²) in [5, 5.41) is 19.8. The predicted octanol–water partition coefficient (Wildman–Crippen LogP) is 0.986. The van der Waals surface area contributed by atoms with Gasteiger partial charge in [0.15, 0.2) is 5.43 Å². The molecule has 0 bridgehead atoms. The van der Waals surface area contributed by atoms with Crippen LogP contribution in [-0.2, 0) is 6.54 Å². The van der Waals surface area contributed by atoms with Crippen molar-refractivity contribution in [3.63, 3.8) is 0 Å². The Labute approximate surface area is 127 Å². The molecule has 0 spiro atoms. The number of H-pyrrole nitrogens is 1. The van der Waals surface area contributed by atoms with Gasteiger partial charge in [-0.05, 0) is 37.6 Å². The van der Waals surface area contributed by atoms with E-state index in [1.807, 2.05) is 4.90 Å². The number of aromatic amines is 1. The number of hydrogen-bond donors (Lipinski definition) is 3. The molecule has 1 aromatic carbocycles. The van der Waals surface area contributed by atoms with Crippen LogP contribution in [0.2, 0.25) is 0 Å². The van der Waals surface area contributed by atoms with E-state index < -0.39 is 11.4 Å². The first-order valence-corrected chi connectivity index (χ1v) is 7.36. The quantitative estimate of drug-likeness (QED) is 0.790. The summed E-state index contributed by atoms with van der Waals surface area (Å²) < 4.78 is 13.2. The number of piperidine rings is 1. The molecule has 3 N–H and O–H groups in total. The molecular formula is C16H19FN2O3. The van der Waals surface area contributed by atoms with Gasteiger partial charge in [-0.2, -0.15) is 0 Å². The van der Waals surface area contributed by atoms with Crippen LogP contribution in [0.3, 0.4) is 0 Å². The Morgan fingerprint density at radius 1 is 1.36 bits per heavy atom. The maximum atomic E-state index is 13.2. The number of nitrogens with one attached hydrogen (secondary N) is 1. The van der Waals surface area contributed by atoms with Crippen molar-refractivity contribution in [2.24, 2.45) is 0 Å². The minimum atomic E-state index is -1.07. The number of aromatic nitrogens is 1. The van der Waals surface area contributed by atoms with Crippen LogP contribution >= 0.6 is 0 Å². The number of likely N-dealkylation sites (tertiary alicyclic amines) is 1. The molecule has 118 valence electrons. The van der Waals surface area contributed by atoms with Gasteiger partial charge in [0, 0.05) is 35.8 Å². The average Bonchev–Trinajstić information content (AvgIpc) is 2.48. The molecule has 0 radical (unpaired) electrons. The molecule has 1 aromatic heterocycles. The lowest BCUT2D eigenvalue weighted by Crippen LogP contribution is -2.50. The molecular weight excluding hydrogens is 287 g/mol. The van der Waals surface area contributed by atoms with Crippen molar-refractivity contribution < 1.29 is 14.6 Å². The van der Waals surface area contributed by atoms with Gasteiger partial charge < -0.3 is 15.2 Å². The van der Waals surface area contributed by atoms with Crippen LogP contribution < -0.4 is 5.43 Å². The normalized spacial score (nSPS) is 23.0. The second-order valence-electron chi connectivity index (χ2n) is 6.05. The number of hydrogen-bond acceptors (Lipinski definition) is 4. The van der Waals surface area contributed by atoms with E-state index >= 15 is 0 Å². The van der Waals surface area contributed by atoms with Crippen molar-refractivity contribution in [1.82, 2.24) is 9.88 Å². The summed E-state index contributed by atoms with van der Waals surface area (Å²) in [4.78, 5) is 17.2. The fraction of sp³-hybridized carbons (Fsp3) is 0.438. The van der Waals surface area contributed by atoms with Gasteiger partial charge in [0.25, 0.3) is 0 Å². The molecule has 1 saturated heterocycles. The second kappa shape index (κ2) is 5.79. The van der Waals surface area contributed by atoms with E-state index in [9.17, 15) is 19.4 Å². The number of nitrogens with zero attached hydrogens (tertiary/aromatic N) is 1. The van der Waals surface area contributed by atoms with E-state index in [0.29, 0.717) is 36.1 Å². The van der Waals surface area contributed by atoms with Crippen molar-refractivity contribution in [3.8, 4) is 0 Å². The van der Waals surface area contributed by atoms with Crippen molar-refractivity contribution in [2.45, 2.75) is 25.0 Å². The van der Waals surface area contributed by atoms with Crippen LogP contribution in [0.25, 0.3) is 10.9 Å². The van der Waals surface area contributed by atoms with Crippen LogP contribution in [0.15, 0.2) is 29.1 Å². The number of pyridine rings is 1. The molecule has 1 aliphatic rings. The lowest BCUT2D eigenvalue weighted by molar-refractivity contribution is -0.0689. The zero-order valence-electron chi connectivity index (χ0n) is 12.2. The topological polar surface area (TPSA) is 76.6 Å². The summed E-state index contributed by atoms with van der Waals surface area (Å²) in [5.41, 5.74) is 0.0146. The predicted molar refractivity (Wildman–Crippen MR) is 81.1 cm³/mol. The number of β-amino-alcohol motifs (C(OH)–C–C–N with tert-alkyl or cyclic N) is 1. The Balaban J connectivity index is 1.85. The zero-order chi connectivity index (χ0) is 15.7. The minimum Gasteiger partial charge on any atom is -0.393 e. The molecule has 6 heteroatoms. The molecule has 1 fully saturated rings. The Hall–Kier alpha value is -1.76. The van der Waals surface area contributed by atoms with Crippen molar-refractivity contribution >= 4 is 10.9 Å². The summed E-state index contributed by atoms with van der Waals surface area (Å²) in [7, 11) is 0. The number of benzene rings is 1. The average molecular weight is 306 g/mol. The summed E-state index contributed by atoms with van der Waals surface area (Å²) in [6, 6.07) is 5.56. The van der Waals surface area contributed by atoms with E-state index in [1.54, 1.807) is 6.07 Å². The summed E-state index contributed by atoms with van der Waals surface area (Å²) in [5.74, 6) is -0.435. The van der Waals surface area contributed by atoms with E-state index in [2.05, 4.69) is 4.98 Å². The van der Waals surface area contributed by atoms with Gasteiger partial charge in [-0.3, -0.25) is 9.69 Å². The number of aliphatic hydroxyl groups excluding tert-OH is 1. The zero-order valence-corrected chi connectivity index (χ0v) is 12.2. The Bertz CT molecular complexity index is 746. The smallest absolute Gasteiger partial charge is 0.189 e. The Morgan fingerprint density at radius 3 is 2.95 bits per heavy atom. The van der Waals surface area contributed by atoms with Gasteiger partial charge >= 0.3 is 0 Å². The number of rotatable bonds is 3. The number of aliphatic hydroxyl groups is 2. The molecule has 0 aliphatic carbocycles. The first-order chi connectivity index (χ1) is 10.5. The third-order valence-electron chi connectivity index (χ3n) is 4.17. The molecule has 0 saturated carbocycles. The molecule has 22 heavy (non-hydrogen) atoms. The molecule has 0 unspecified atom stereocenters.